The molecule has 0 heterocycles. The lowest BCUT2D eigenvalue weighted by atomic mass is 9.95. The Labute approximate surface area is 110 Å². The van der Waals surface area contributed by atoms with Crippen LogP contribution in [0.1, 0.15) is 45.4 Å². The molecule has 1 amide bonds. The molecule has 0 aromatic rings. The summed E-state index contributed by atoms with van der Waals surface area (Å²) in [7, 11) is -3.19. The van der Waals surface area contributed by atoms with Crippen LogP contribution in [0.3, 0.4) is 0 Å². The molecular formula is C12H24N2O3S. The lowest BCUT2D eigenvalue weighted by Crippen LogP contribution is -2.44. The van der Waals surface area contributed by atoms with Crippen LogP contribution in [-0.4, -0.2) is 44.0 Å². The molecule has 0 bridgehead atoms. The van der Waals surface area contributed by atoms with Crippen LogP contribution in [0.4, 0.5) is 0 Å². The van der Waals surface area contributed by atoms with Crippen molar-refractivity contribution in [3.8, 4) is 0 Å². The maximum atomic E-state index is 11.8. The van der Waals surface area contributed by atoms with Gasteiger partial charge in [0.1, 0.15) is 0 Å². The predicted molar refractivity (Wildman–Crippen MR) is 71.7 cm³/mol. The maximum Gasteiger partial charge on any atom is 0.219 e. The number of rotatable bonds is 6. The molecule has 1 rings (SSSR count). The van der Waals surface area contributed by atoms with Crippen molar-refractivity contribution in [2.45, 2.75) is 51.5 Å². The normalized spacial score (nSPS) is 17.9. The summed E-state index contributed by atoms with van der Waals surface area (Å²) in [6, 6.07) is 0.118. The van der Waals surface area contributed by atoms with Crippen LogP contribution in [0.15, 0.2) is 0 Å². The Morgan fingerprint density at radius 2 is 1.89 bits per heavy atom. The minimum atomic E-state index is -3.19. The molecule has 0 unspecified atom stereocenters. The first-order chi connectivity index (χ1) is 8.45. The Kier molecular flexibility index (Phi) is 6.08. The van der Waals surface area contributed by atoms with E-state index < -0.39 is 10.0 Å². The van der Waals surface area contributed by atoms with Gasteiger partial charge in [-0.05, 0) is 12.8 Å². The van der Waals surface area contributed by atoms with Crippen molar-refractivity contribution < 1.29 is 13.2 Å². The van der Waals surface area contributed by atoms with Gasteiger partial charge in [-0.15, -0.1) is 0 Å². The molecule has 0 radical (unpaired) electrons. The van der Waals surface area contributed by atoms with Gasteiger partial charge in [-0.3, -0.25) is 4.79 Å². The van der Waals surface area contributed by atoms with E-state index in [1.807, 2.05) is 0 Å². The molecule has 0 spiro atoms. The minimum absolute atomic E-state index is 0.0351. The van der Waals surface area contributed by atoms with Crippen molar-refractivity contribution in [3.63, 3.8) is 0 Å². The van der Waals surface area contributed by atoms with Crippen LogP contribution in [0.25, 0.3) is 0 Å². The van der Waals surface area contributed by atoms with E-state index in [0.717, 1.165) is 25.7 Å². The number of hydrogen-bond donors (Lipinski definition) is 1. The van der Waals surface area contributed by atoms with E-state index in [2.05, 4.69) is 5.32 Å². The van der Waals surface area contributed by atoms with Crippen molar-refractivity contribution >= 4 is 15.9 Å². The van der Waals surface area contributed by atoms with Crippen LogP contribution in [0, 0.1) is 0 Å². The molecule has 0 aliphatic heterocycles. The third-order valence-electron chi connectivity index (χ3n) is 3.38. The Bertz CT molecular complexity index is 362. The molecule has 0 aromatic heterocycles. The van der Waals surface area contributed by atoms with Crippen LogP contribution in [0.5, 0.6) is 0 Å². The van der Waals surface area contributed by atoms with E-state index in [9.17, 15) is 13.2 Å². The van der Waals surface area contributed by atoms with Crippen molar-refractivity contribution in [1.82, 2.24) is 9.62 Å². The average molecular weight is 276 g/mol. The molecule has 1 fully saturated rings. The van der Waals surface area contributed by atoms with E-state index in [1.165, 1.54) is 12.7 Å². The Balaban J connectivity index is 2.53. The van der Waals surface area contributed by atoms with E-state index >= 15 is 0 Å². The van der Waals surface area contributed by atoms with Gasteiger partial charge in [0.15, 0.2) is 0 Å². The highest BCUT2D eigenvalue weighted by Crippen LogP contribution is 2.23. The number of amides is 1. The highest BCUT2D eigenvalue weighted by Gasteiger charge is 2.27. The molecule has 5 nitrogen and oxygen atoms in total. The number of nitrogens with one attached hydrogen (secondary N) is 1. The summed E-state index contributed by atoms with van der Waals surface area (Å²) in [6.07, 6.45) is 6.95. The Morgan fingerprint density at radius 1 is 1.28 bits per heavy atom. The van der Waals surface area contributed by atoms with Gasteiger partial charge in [-0.1, -0.05) is 26.2 Å². The standard InChI is InChI=1S/C12H24N2O3S/c1-3-12(15)13-9-10-14(18(2,16)17)11-7-5-4-6-8-11/h11H,3-10H2,1-2H3,(H,13,15). The van der Waals surface area contributed by atoms with Crippen LogP contribution in [0.2, 0.25) is 0 Å². The first-order valence-corrected chi connectivity index (χ1v) is 8.53. The fraction of sp³-hybridized carbons (Fsp3) is 0.917. The van der Waals surface area contributed by atoms with Gasteiger partial charge >= 0.3 is 0 Å². The van der Waals surface area contributed by atoms with Gasteiger partial charge in [0, 0.05) is 25.6 Å². The van der Waals surface area contributed by atoms with Gasteiger partial charge in [0.2, 0.25) is 15.9 Å². The first kappa shape index (κ1) is 15.4. The number of sulfonamides is 1. The summed E-state index contributed by atoms with van der Waals surface area (Å²) in [5.41, 5.74) is 0. The first-order valence-electron chi connectivity index (χ1n) is 6.68. The van der Waals surface area contributed by atoms with Gasteiger partial charge in [0.05, 0.1) is 6.26 Å². The summed E-state index contributed by atoms with van der Waals surface area (Å²) < 4.78 is 25.1. The molecule has 106 valence electrons. The molecule has 18 heavy (non-hydrogen) atoms. The molecule has 1 aliphatic carbocycles. The lowest BCUT2D eigenvalue weighted by Gasteiger charge is -2.32. The molecule has 1 saturated carbocycles. The average Bonchev–Trinajstić information content (AvgIpc) is 2.33. The zero-order valence-corrected chi connectivity index (χ0v) is 12.1. The second-order valence-corrected chi connectivity index (χ2v) is 6.80. The molecule has 0 saturated heterocycles. The summed E-state index contributed by atoms with van der Waals surface area (Å²) >= 11 is 0. The Morgan fingerprint density at radius 3 is 2.39 bits per heavy atom. The second kappa shape index (κ2) is 7.09. The summed E-state index contributed by atoms with van der Waals surface area (Å²) in [4.78, 5) is 11.1. The monoisotopic (exact) mass is 276 g/mol. The highest BCUT2D eigenvalue weighted by molar-refractivity contribution is 7.88. The summed E-state index contributed by atoms with van der Waals surface area (Å²) in [5.74, 6) is -0.0351. The number of hydrogen-bond acceptors (Lipinski definition) is 3. The predicted octanol–water partition coefficient (Wildman–Crippen LogP) is 1.11. The molecule has 6 heteroatoms. The second-order valence-electron chi connectivity index (χ2n) is 4.87. The van der Waals surface area contributed by atoms with Crippen molar-refractivity contribution in [3.05, 3.63) is 0 Å². The van der Waals surface area contributed by atoms with Crippen molar-refractivity contribution in [1.29, 1.82) is 0 Å². The fourth-order valence-electron chi connectivity index (χ4n) is 2.42. The smallest absolute Gasteiger partial charge is 0.219 e. The third-order valence-corrected chi connectivity index (χ3v) is 4.72. The van der Waals surface area contributed by atoms with Crippen LogP contribution >= 0.6 is 0 Å². The topological polar surface area (TPSA) is 66.5 Å². The number of carbonyl (C=O) groups excluding carboxylic acids is 1. The highest BCUT2D eigenvalue weighted by atomic mass is 32.2. The van der Waals surface area contributed by atoms with Crippen LogP contribution in [-0.2, 0) is 14.8 Å². The molecular weight excluding hydrogens is 252 g/mol. The quantitative estimate of drug-likeness (QED) is 0.790. The zero-order chi connectivity index (χ0) is 13.6. The van der Waals surface area contributed by atoms with Gasteiger partial charge in [0.25, 0.3) is 0 Å². The van der Waals surface area contributed by atoms with Gasteiger partial charge in [-0.2, -0.15) is 4.31 Å². The van der Waals surface area contributed by atoms with E-state index in [4.69, 9.17) is 0 Å². The van der Waals surface area contributed by atoms with E-state index in [1.54, 1.807) is 11.2 Å². The number of carbonyl (C=O) groups is 1. The third kappa shape index (κ3) is 4.94. The maximum absolute atomic E-state index is 11.8. The van der Waals surface area contributed by atoms with Gasteiger partial charge in [-0.25, -0.2) is 8.42 Å². The minimum Gasteiger partial charge on any atom is -0.355 e. The fourth-order valence-corrected chi connectivity index (χ4v) is 3.59. The van der Waals surface area contributed by atoms with Crippen molar-refractivity contribution in [2.75, 3.05) is 19.3 Å². The Hall–Kier alpha value is -0.620. The van der Waals surface area contributed by atoms with Crippen LogP contribution < -0.4 is 5.32 Å². The molecule has 0 atom stereocenters. The van der Waals surface area contributed by atoms with E-state index in [-0.39, 0.29) is 11.9 Å². The lowest BCUT2D eigenvalue weighted by molar-refractivity contribution is -0.120. The molecule has 1 N–H and O–H groups in total. The largest absolute Gasteiger partial charge is 0.355 e. The summed E-state index contributed by atoms with van der Waals surface area (Å²) in [5, 5.41) is 2.73. The number of nitrogens with zero attached hydrogens (tertiary/aromatic N) is 1. The van der Waals surface area contributed by atoms with E-state index in [0.29, 0.717) is 19.5 Å². The van der Waals surface area contributed by atoms with Crippen molar-refractivity contribution in [2.24, 2.45) is 0 Å². The summed E-state index contributed by atoms with van der Waals surface area (Å²) in [6.45, 7) is 2.57. The molecule has 1 aliphatic rings. The van der Waals surface area contributed by atoms with Gasteiger partial charge < -0.3 is 5.32 Å². The SMILES string of the molecule is CCC(=O)NCCN(C1CCCCC1)S(C)(=O)=O. The zero-order valence-electron chi connectivity index (χ0n) is 11.3. The molecule has 0 aromatic carbocycles.